The van der Waals surface area contributed by atoms with E-state index in [1.807, 2.05) is 20.5 Å². The fourth-order valence-electron chi connectivity index (χ4n) is 0.479. The van der Waals surface area contributed by atoms with Gasteiger partial charge in [-0.15, -0.1) is 0 Å². The van der Waals surface area contributed by atoms with Crippen molar-refractivity contribution in [2.24, 2.45) is 0 Å². The van der Waals surface area contributed by atoms with Crippen molar-refractivity contribution in [3.05, 3.63) is 0 Å². The Kier molecular flexibility index (Phi) is 4.31. The van der Waals surface area contributed by atoms with Crippen LogP contribution in [0.1, 0.15) is 6.92 Å². The topological polar surface area (TPSA) is 0 Å². The summed E-state index contributed by atoms with van der Waals surface area (Å²) in [6, 6.07) is 0. The quantitative estimate of drug-likeness (QED) is 0.444. The van der Waals surface area contributed by atoms with E-state index >= 15 is 0 Å². The molecule has 8 heavy (non-hydrogen) atoms. The summed E-state index contributed by atoms with van der Waals surface area (Å²) in [4.78, 5) is 0. The summed E-state index contributed by atoms with van der Waals surface area (Å²) in [5.74, 6) is 0. The molecule has 0 aliphatic rings. The molecule has 0 amide bonds. The first-order valence-electron chi connectivity index (χ1n) is 3.07. The van der Waals surface area contributed by atoms with E-state index < -0.39 is 0 Å². The molecule has 0 aliphatic carbocycles. The third-order valence-corrected chi connectivity index (χ3v) is 1.33. The minimum atomic E-state index is 0.284. The van der Waals surface area contributed by atoms with Crippen molar-refractivity contribution in [2.75, 3.05) is 0 Å². The molecular weight excluding hydrogens is 91.3 g/mol. The predicted molar refractivity (Wildman–Crippen MR) is 44.2 cm³/mol. The molecule has 0 bridgehead atoms. The van der Waals surface area contributed by atoms with Crippen LogP contribution in [0.15, 0.2) is 0 Å². The van der Waals surface area contributed by atoms with Gasteiger partial charge < -0.3 is 0 Å². The van der Waals surface area contributed by atoms with Gasteiger partial charge >= 0.3 is 54.2 Å². The molecule has 0 aliphatic heterocycles. The Labute approximate surface area is 55.0 Å². The Bertz CT molecular complexity index is 78.1. The molecular formula is C4H10B4. The minimum absolute atomic E-state index is 0.284. The van der Waals surface area contributed by atoms with Crippen molar-refractivity contribution in [1.29, 1.82) is 0 Å². The Morgan fingerprint density at radius 3 is 2.25 bits per heavy atom. The van der Waals surface area contributed by atoms with Crippen LogP contribution in [-0.2, 0) is 0 Å². The van der Waals surface area contributed by atoms with Crippen molar-refractivity contribution in [1.82, 2.24) is 0 Å². The molecule has 2 radical (unpaired) electrons. The van der Waals surface area contributed by atoms with Crippen LogP contribution in [-0.4, -0.2) is 27.9 Å². The summed E-state index contributed by atoms with van der Waals surface area (Å²) >= 11 is 0. The summed E-state index contributed by atoms with van der Waals surface area (Å²) < 4.78 is 0. The first-order valence-corrected chi connectivity index (χ1v) is 3.07. The van der Waals surface area contributed by atoms with Gasteiger partial charge in [-0.25, -0.2) is 0 Å². The van der Waals surface area contributed by atoms with Crippen LogP contribution < -0.4 is 0 Å². The van der Waals surface area contributed by atoms with Crippen molar-refractivity contribution in [3.63, 3.8) is 0 Å². The Morgan fingerprint density at radius 1 is 1.62 bits per heavy atom. The van der Waals surface area contributed by atoms with E-state index in [9.17, 15) is 0 Å². The second-order valence-corrected chi connectivity index (χ2v) is 2.24. The van der Waals surface area contributed by atoms with Gasteiger partial charge in [0.15, 0.2) is 0 Å². The van der Waals surface area contributed by atoms with Gasteiger partial charge in [0.05, 0.1) is 0 Å². The van der Waals surface area contributed by atoms with Gasteiger partial charge in [-0.3, -0.25) is 0 Å². The maximum atomic E-state index is 5.57. The van der Waals surface area contributed by atoms with E-state index in [1.165, 1.54) is 0 Å². The Hall–Kier alpha value is 0.260. The fourth-order valence-corrected chi connectivity index (χ4v) is 0.479. The molecule has 0 aromatic rings. The molecule has 0 heterocycles. The van der Waals surface area contributed by atoms with E-state index in [4.69, 9.17) is 7.85 Å². The zero-order chi connectivity index (χ0) is 6.57. The molecule has 1 atom stereocenters. The molecule has 0 rings (SSSR count). The van der Waals surface area contributed by atoms with Crippen LogP contribution in [0.5, 0.6) is 0 Å². The van der Waals surface area contributed by atoms with Crippen molar-refractivity contribution in [3.8, 4) is 0 Å². The van der Waals surface area contributed by atoms with Gasteiger partial charge in [0.25, 0.3) is 0 Å². The van der Waals surface area contributed by atoms with Gasteiger partial charge in [-0.05, 0) is 0 Å². The SMILES string of the molecule is [B][C@H](C)B(C)B=BC. The standard InChI is InChI=1S/C4H10B4/c1-4(5)8(3)7-6-2/h4H,1-3H3/t4-/m0/s1. The van der Waals surface area contributed by atoms with Crippen LogP contribution >= 0.6 is 0 Å². The molecule has 0 saturated heterocycles. The fraction of sp³-hybridized carbons (Fsp3) is 1.00. The van der Waals surface area contributed by atoms with Crippen LogP contribution in [0.25, 0.3) is 0 Å². The Morgan fingerprint density at radius 2 is 2.12 bits per heavy atom. The monoisotopic (exact) mass is 102 g/mol. The molecule has 0 spiro atoms. The molecule has 0 N–H and O–H groups in total. The predicted octanol–water partition coefficient (Wildman–Crippen LogP) is 0.495. The Balaban J connectivity index is 3.47. The van der Waals surface area contributed by atoms with Gasteiger partial charge in [-0.2, -0.15) is 0 Å². The number of hydrogen-bond acceptors (Lipinski definition) is 0. The summed E-state index contributed by atoms with van der Waals surface area (Å²) in [5, 5.41) is 0. The average Bonchev–Trinajstić information content (AvgIpc) is 1.67. The van der Waals surface area contributed by atoms with Crippen LogP contribution in [0, 0.1) is 0 Å². The van der Waals surface area contributed by atoms with E-state index in [0.717, 1.165) is 0 Å². The molecule has 38 valence electrons. The third-order valence-electron chi connectivity index (χ3n) is 1.33. The van der Waals surface area contributed by atoms with Gasteiger partial charge in [-0.1, -0.05) is 0 Å². The van der Waals surface area contributed by atoms with Crippen LogP contribution in [0.4, 0.5) is 0 Å². The first-order chi connectivity index (χ1) is 3.68. The second kappa shape index (κ2) is 4.17. The number of hydrogen-bond donors (Lipinski definition) is 0. The molecule has 0 unspecified atom stereocenters. The second-order valence-electron chi connectivity index (χ2n) is 2.24. The van der Waals surface area contributed by atoms with Crippen LogP contribution in [0.2, 0.25) is 19.4 Å². The van der Waals surface area contributed by atoms with Crippen molar-refractivity contribution >= 4 is 27.9 Å². The zero-order valence-electron chi connectivity index (χ0n) is 5.89. The van der Waals surface area contributed by atoms with E-state index in [0.29, 0.717) is 6.60 Å². The average molecular weight is 101 g/mol. The molecule has 0 aromatic heterocycles. The molecule has 0 nitrogen and oxygen atoms in total. The summed E-state index contributed by atoms with van der Waals surface area (Å²) in [6.07, 6.45) is 0. The summed E-state index contributed by atoms with van der Waals surface area (Å²) in [6.45, 7) is 10.8. The molecule has 0 saturated carbocycles. The number of rotatable bonds is 2. The van der Waals surface area contributed by atoms with Crippen LogP contribution in [0.3, 0.4) is 0 Å². The molecule has 0 fully saturated rings. The molecule has 4 heteroatoms. The van der Waals surface area contributed by atoms with Crippen molar-refractivity contribution in [2.45, 2.75) is 26.3 Å². The zero-order valence-corrected chi connectivity index (χ0v) is 5.89. The summed E-state index contributed by atoms with van der Waals surface area (Å²) in [7, 11) is 5.57. The maximum absolute atomic E-state index is 5.57. The third kappa shape index (κ3) is 3.29. The van der Waals surface area contributed by atoms with E-state index in [2.05, 4.69) is 13.5 Å². The van der Waals surface area contributed by atoms with Crippen molar-refractivity contribution < 1.29 is 0 Å². The van der Waals surface area contributed by atoms with Gasteiger partial charge in [0.2, 0.25) is 0 Å². The van der Waals surface area contributed by atoms with Gasteiger partial charge in [0.1, 0.15) is 0 Å². The summed E-state index contributed by atoms with van der Waals surface area (Å²) in [5.41, 5.74) is 0.284. The normalized spacial score (nSPS) is 12.4. The first kappa shape index (κ1) is 8.26. The molecule has 0 aromatic carbocycles. The van der Waals surface area contributed by atoms with Gasteiger partial charge in [0, 0.05) is 0 Å². The van der Waals surface area contributed by atoms with E-state index in [1.54, 1.807) is 0 Å². The van der Waals surface area contributed by atoms with E-state index in [-0.39, 0.29) is 5.72 Å².